The number of rotatable bonds is 5. The average molecular weight is 392 g/mol. The van der Waals surface area contributed by atoms with E-state index in [-0.39, 0.29) is 6.54 Å². The summed E-state index contributed by atoms with van der Waals surface area (Å²) < 4.78 is 45.8. The van der Waals surface area contributed by atoms with Gasteiger partial charge in [-0.3, -0.25) is 14.3 Å². The lowest BCUT2D eigenvalue weighted by atomic mass is 10.1. The van der Waals surface area contributed by atoms with Crippen LogP contribution in [0.4, 0.5) is 18.9 Å². The zero-order chi connectivity index (χ0) is 20.1. The van der Waals surface area contributed by atoms with Crippen molar-refractivity contribution in [3.63, 3.8) is 0 Å². The zero-order valence-corrected chi connectivity index (χ0v) is 14.3. The van der Waals surface area contributed by atoms with Crippen LogP contribution in [0.2, 0.25) is 0 Å². The molecule has 1 aromatic carbocycles. The van der Waals surface area contributed by atoms with Gasteiger partial charge in [-0.25, -0.2) is 0 Å². The minimum atomic E-state index is -4.66. The van der Waals surface area contributed by atoms with Gasteiger partial charge in [0.15, 0.2) is 0 Å². The van der Waals surface area contributed by atoms with Gasteiger partial charge in [-0.1, -0.05) is 12.1 Å². The summed E-state index contributed by atoms with van der Waals surface area (Å²) in [7, 11) is 0. The monoisotopic (exact) mass is 392 g/mol. The van der Waals surface area contributed by atoms with Gasteiger partial charge in [-0.05, 0) is 30.3 Å². The Balaban J connectivity index is 1.67. The van der Waals surface area contributed by atoms with E-state index in [4.69, 9.17) is 4.42 Å². The van der Waals surface area contributed by atoms with Crippen LogP contribution in [0.25, 0.3) is 0 Å². The van der Waals surface area contributed by atoms with Gasteiger partial charge in [0.25, 0.3) is 0 Å². The Hall–Kier alpha value is -3.56. The molecule has 2 aromatic heterocycles. The number of carbonyl (C=O) groups is 2. The number of nitrogens with zero attached hydrogens (tertiary/aromatic N) is 2. The molecule has 0 radical (unpaired) electrons. The summed E-state index contributed by atoms with van der Waals surface area (Å²) in [5.74, 6) is -1.80. The molecule has 2 N–H and O–H groups in total. The molecular weight excluding hydrogens is 377 g/mol. The lowest BCUT2D eigenvalue weighted by molar-refractivity contribution is -0.138. The maximum atomic E-state index is 13.0. The normalized spacial score (nSPS) is 12.4. The lowest BCUT2D eigenvalue weighted by Gasteiger charge is -2.16. The van der Waals surface area contributed by atoms with E-state index in [1.807, 2.05) is 5.32 Å². The minimum absolute atomic E-state index is 0.0532. The number of hydrogen-bond acceptors (Lipinski definition) is 4. The number of anilines is 1. The number of amides is 2. The number of halogens is 3. The number of nitrogens with one attached hydrogen (secondary N) is 2. The molecule has 7 nitrogen and oxygen atoms in total. The van der Waals surface area contributed by atoms with Gasteiger partial charge in [0.1, 0.15) is 11.8 Å². The van der Waals surface area contributed by atoms with Crippen molar-refractivity contribution >= 4 is 17.5 Å². The van der Waals surface area contributed by atoms with E-state index < -0.39 is 35.3 Å². The maximum Gasteiger partial charge on any atom is 0.418 e. The Labute approximate surface area is 157 Å². The highest BCUT2D eigenvalue weighted by atomic mass is 19.4. The highest BCUT2D eigenvalue weighted by Crippen LogP contribution is 2.34. The molecule has 1 atom stereocenters. The van der Waals surface area contributed by atoms with Crippen molar-refractivity contribution in [2.45, 2.75) is 12.2 Å². The number of alkyl halides is 3. The van der Waals surface area contributed by atoms with Gasteiger partial charge < -0.3 is 15.1 Å². The van der Waals surface area contributed by atoms with Crippen molar-refractivity contribution in [2.24, 2.45) is 0 Å². The molecule has 0 saturated carbocycles. The van der Waals surface area contributed by atoms with E-state index in [2.05, 4.69) is 10.4 Å². The first-order valence-corrected chi connectivity index (χ1v) is 8.14. The molecule has 0 aliphatic carbocycles. The molecule has 0 bridgehead atoms. The molecule has 2 amide bonds. The van der Waals surface area contributed by atoms with Gasteiger partial charge in [0.2, 0.25) is 0 Å². The number of hydrogen-bond donors (Lipinski definition) is 2. The number of carbonyl (C=O) groups excluding carboxylic acids is 2. The van der Waals surface area contributed by atoms with E-state index in [9.17, 15) is 22.8 Å². The summed E-state index contributed by atoms with van der Waals surface area (Å²) in [4.78, 5) is 24.1. The third kappa shape index (κ3) is 4.40. The Morgan fingerprint density at radius 1 is 1.11 bits per heavy atom. The van der Waals surface area contributed by atoms with Gasteiger partial charge >= 0.3 is 18.0 Å². The first kappa shape index (κ1) is 19.2. The van der Waals surface area contributed by atoms with Crippen LogP contribution in [0.15, 0.2) is 65.5 Å². The van der Waals surface area contributed by atoms with Crippen LogP contribution in [-0.4, -0.2) is 28.1 Å². The van der Waals surface area contributed by atoms with Crippen molar-refractivity contribution in [2.75, 3.05) is 11.9 Å². The first-order chi connectivity index (χ1) is 13.4. The van der Waals surface area contributed by atoms with Crippen LogP contribution in [0.1, 0.15) is 17.4 Å². The first-order valence-electron chi connectivity index (χ1n) is 8.14. The Morgan fingerprint density at radius 2 is 1.89 bits per heavy atom. The van der Waals surface area contributed by atoms with E-state index in [1.54, 1.807) is 30.6 Å². The fourth-order valence-electron chi connectivity index (χ4n) is 2.56. The van der Waals surface area contributed by atoms with E-state index in [1.165, 1.54) is 23.1 Å². The van der Waals surface area contributed by atoms with Crippen molar-refractivity contribution in [1.82, 2.24) is 15.1 Å². The number of benzene rings is 1. The highest BCUT2D eigenvalue weighted by molar-refractivity contribution is 6.39. The van der Waals surface area contributed by atoms with Crippen molar-refractivity contribution < 1.29 is 27.2 Å². The molecule has 0 aliphatic heterocycles. The quantitative estimate of drug-likeness (QED) is 0.654. The van der Waals surface area contributed by atoms with Gasteiger partial charge in [0.05, 0.1) is 17.5 Å². The molecule has 3 aromatic rings. The standard InChI is InChI=1S/C18H15F3N4O3/c19-18(20,21)12-5-1-2-6-13(12)24-17(27)16(26)22-11-14(15-7-3-10-28-15)25-9-4-8-23-25/h1-10,14H,11H2,(H,22,26)(H,24,27). The SMILES string of the molecule is O=C(NCC(c1ccco1)n1cccn1)C(=O)Nc1ccccc1C(F)(F)F. The van der Waals surface area contributed by atoms with Crippen LogP contribution < -0.4 is 10.6 Å². The number of aromatic nitrogens is 2. The van der Waals surface area contributed by atoms with Crippen LogP contribution >= 0.6 is 0 Å². The van der Waals surface area contributed by atoms with E-state index >= 15 is 0 Å². The molecule has 1 unspecified atom stereocenters. The van der Waals surface area contributed by atoms with Gasteiger partial charge in [-0.2, -0.15) is 18.3 Å². The highest BCUT2D eigenvalue weighted by Gasteiger charge is 2.34. The summed E-state index contributed by atoms with van der Waals surface area (Å²) >= 11 is 0. The summed E-state index contributed by atoms with van der Waals surface area (Å²) in [5, 5.41) is 8.46. The Morgan fingerprint density at radius 3 is 2.54 bits per heavy atom. The van der Waals surface area contributed by atoms with Gasteiger partial charge in [-0.15, -0.1) is 0 Å². The third-order valence-corrected chi connectivity index (χ3v) is 3.86. The molecular formula is C18H15F3N4O3. The maximum absolute atomic E-state index is 13.0. The largest absolute Gasteiger partial charge is 0.467 e. The smallest absolute Gasteiger partial charge is 0.418 e. The zero-order valence-electron chi connectivity index (χ0n) is 14.3. The third-order valence-electron chi connectivity index (χ3n) is 3.86. The predicted molar refractivity (Wildman–Crippen MR) is 92.2 cm³/mol. The Bertz CT molecular complexity index is 903. The van der Waals surface area contributed by atoms with Crippen molar-refractivity contribution in [3.8, 4) is 0 Å². The molecule has 28 heavy (non-hydrogen) atoms. The number of furan rings is 1. The molecule has 2 heterocycles. The average Bonchev–Trinajstić information content (AvgIpc) is 3.36. The summed E-state index contributed by atoms with van der Waals surface area (Å²) in [6.45, 7) is -0.0532. The second kappa shape index (κ2) is 7.99. The minimum Gasteiger partial charge on any atom is -0.467 e. The topological polar surface area (TPSA) is 89.2 Å². The molecule has 0 spiro atoms. The molecule has 3 rings (SSSR count). The second-order valence-electron chi connectivity index (χ2n) is 5.72. The van der Waals surface area contributed by atoms with Crippen LogP contribution in [0.5, 0.6) is 0 Å². The molecule has 146 valence electrons. The van der Waals surface area contributed by atoms with Crippen molar-refractivity contribution in [1.29, 1.82) is 0 Å². The Kier molecular flexibility index (Phi) is 5.48. The van der Waals surface area contributed by atoms with E-state index in [0.29, 0.717) is 5.76 Å². The molecule has 0 fully saturated rings. The number of para-hydroxylation sites is 1. The van der Waals surface area contributed by atoms with Crippen LogP contribution in [0.3, 0.4) is 0 Å². The fourth-order valence-corrected chi connectivity index (χ4v) is 2.56. The van der Waals surface area contributed by atoms with Gasteiger partial charge in [0, 0.05) is 18.9 Å². The fraction of sp³-hybridized carbons (Fsp3) is 0.167. The lowest BCUT2D eigenvalue weighted by Crippen LogP contribution is -2.39. The second-order valence-corrected chi connectivity index (χ2v) is 5.72. The van der Waals surface area contributed by atoms with Crippen molar-refractivity contribution in [3.05, 3.63) is 72.4 Å². The molecule has 10 heteroatoms. The summed E-state index contributed by atoms with van der Waals surface area (Å²) in [6.07, 6.45) is -0.0171. The van der Waals surface area contributed by atoms with Crippen LogP contribution in [-0.2, 0) is 15.8 Å². The molecule has 0 aliphatic rings. The predicted octanol–water partition coefficient (Wildman–Crippen LogP) is 2.84. The summed E-state index contributed by atoms with van der Waals surface area (Å²) in [6, 6.07) is 8.90. The molecule has 0 saturated heterocycles. The summed E-state index contributed by atoms with van der Waals surface area (Å²) in [5.41, 5.74) is -1.54. The van der Waals surface area contributed by atoms with E-state index in [0.717, 1.165) is 12.1 Å². The van der Waals surface area contributed by atoms with Crippen LogP contribution in [0, 0.1) is 0 Å².